The molecule has 0 aliphatic heterocycles. The van der Waals surface area contributed by atoms with Gasteiger partial charge in [0.15, 0.2) is 0 Å². The normalized spacial score (nSPS) is 13.0. The highest BCUT2D eigenvalue weighted by Crippen LogP contribution is 2.26. The van der Waals surface area contributed by atoms with Gasteiger partial charge in [0.2, 0.25) is 0 Å². The number of carbonyl (C=O) groups is 1. The summed E-state index contributed by atoms with van der Waals surface area (Å²) in [5.41, 5.74) is 4.71. The first-order valence-electron chi connectivity index (χ1n) is 7.25. The fraction of sp³-hybridized carbons (Fsp3) is 0.278. The lowest BCUT2D eigenvalue weighted by Gasteiger charge is -2.08. The van der Waals surface area contributed by atoms with Gasteiger partial charge >= 0.3 is 5.97 Å². The number of aliphatic carboxylic acids is 1. The molecule has 21 heavy (non-hydrogen) atoms. The van der Waals surface area contributed by atoms with Gasteiger partial charge in [-0.3, -0.25) is 4.79 Å². The standard InChI is InChI=1S/C18H18O3/c19-18(20)10-13-4-6-14(7-5-13)12-21-17-9-8-15-2-1-3-16(15)11-17/h4-9,11H,1-3,10,12H2,(H,19,20). The first kappa shape index (κ1) is 13.7. The van der Waals surface area contributed by atoms with Crippen molar-refractivity contribution in [1.82, 2.24) is 0 Å². The van der Waals surface area contributed by atoms with Crippen molar-refractivity contribution in [2.75, 3.05) is 0 Å². The van der Waals surface area contributed by atoms with Crippen molar-refractivity contribution in [2.24, 2.45) is 0 Å². The molecule has 0 aromatic heterocycles. The topological polar surface area (TPSA) is 46.5 Å². The molecule has 2 aromatic carbocycles. The van der Waals surface area contributed by atoms with Crippen molar-refractivity contribution >= 4 is 5.97 Å². The molecule has 1 aliphatic rings. The monoisotopic (exact) mass is 282 g/mol. The van der Waals surface area contributed by atoms with Gasteiger partial charge in [-0.1, -0.05) is 30.3 Å². The summed E-state index contributed by atoms with van der Waals surface area (Å²) >= 11 is 0. The number of carboxylic acids is 1. The second-order valence-electron chi connectivity index (χ2n) is 5.46. The molecule has 0 amide bonds. The molecule has 0 saturated heterocycles. The molecular formula is C18H18O3. The third kappa shape index (κ3) is 3.43. The van der Waals surface area contributed by atoms with E-state index >= 15 is 0 Å². The molecule has 0 bridgehead atoms. The quantitative estimate of drug-likeness (QED) is 0.914. The lowest BCUT2D eigenvalue weighted by molar-refractivity contribution is -0.136. The molecular weight excluding hydrogens is 264 g/mol. The fourth-order valence-corrected chi connectivity index (χ4v) is 2.73. The molecule has 0 saturated carbocycles. The number of fused-ring (bicyclic) bond motifs is 1. The van der Waals surface area contributed by atoms with Crippen LogP contribution in [0, 0.1) is 0 Å². The van der Waals surface area contributed by atoms with Crippen LogP contribution in [0.25, 0.3) is 0 Å². The molecule has 0 spiro atoms. The van der Waals surface area contributed by atoms with E-state index in [4.69, 9.17) is 9.84 Å². The van der Waals surface area contributed by atoms with Crippen molar-refractivity contribution < 1.29 is 14.6 Å². The molecule has 108 valence electrons. The Labute approximate surface area is 124 Å². The maximum atomic E-state index is 10.6. The molecule has 3 heteroatoms. The summed E-state index contributed by atoms with van der Waals surface area (Å²) in [5, 5.41) is 8.74. The van der Waals surface area contributed by atoms with Gasteiger partial charge in [0, 0.05) is 0 Å². The molecule has 1 N–H and O–H groups in total. The molecule has 0 atom stereocenters. The van der Waals surface area contributed by atoms with Crippen molar-refractivity contribution in [1.29, 1.82) is 0 Å². The van der Waals surface area contributed by atoms with Crippen LogP contribution in [0.1, 0.15) is 28.7 Å². The minimum atomic E-state index is -0.808. The Balaban J connectivity index is 1.61. The maximum absolute atomic E-state index is 10.6. The molecule has 1 aliphatic carbocycles. The highest BCUT2D eigenvalue weighted by molar-refractivity contribution is 5.70. The Bertz CT molecular complexity index is 644. The molecule has 2 aromatic rings. The van der Waals surface area contributed by atoms with Crippen LogP contribution >= 0.6 is 0 Å². The van der Waals surface area contributed by atoms with Crippen molar-refractivity contribution in [3.05, 3.63) is 64.7 Å². The summed E-state index contributed by atoms with van der Waals surface area (Å²) in [7, 11) is 0. The molecule has 0 unspecified atom stereocenters. The van der Waals surface area contributed by atoms with E-state index in [0.29, 0.717) is 6.61 Å². The average molecular weight is 282 g/mol. The molecule has 3 nitrogen and oxygen atoms in total. The van der Waals surface area contributed by atoms with Gasteiger partial charge in [-0.2, -0.15) is 0 Å². The summed E-state index contributed by atoms with van der Waals surface area (Å²) in [5.74, 6) is 0.0994. The lowest BCUT2D eigenvalue weighted by atomic mass is 10.1. The zero-order valence-corrected chi connectivity index (χ0v) is 11.8. The van der Waals surface area contributed by atoms with Gasteiger partial charge in [0.05, 0.1) is 6.42 Å². The largest absolute Gasteiger partial charge is 0.489 e. The van der Waals surface area contributed by atoms with Gasteiger partial charge in [-0.05, 0) is 53.6 Å². The molecule has 3 rings (SSSR count). The number of aryl methyl sites for hydroxylation is 2. The van der Waals surface area contributed by atoms with Gasteiger partial charge in [0.25, 0.3) is 0 Å². The second kappa shape index (κ2) is 6.00. The zero-order valence-electron chi connectivity index (χ0n) is 11.8. The van der Waals surface area contributed by atoms with E-state index in [9.17, 15) is 4.79 Å². The first-order chi connectivity index (χ1) is 10.2. The highest BCUT2D eigenvalue weighted by atomic mass is 16.5. The first-order valence-corrected chi connectivity index (χ1v) is 7.25. The van der Waals surface area contributed by atoms with E-state index in [-0.39, 0.29) is 6.42 Å². The Kier molecular flexibility index (Phi) is 3.91. The second-order valence-corrected chi connectivity index (χ2v) is 5.46. The van der Waals surface area contributed by atoms with E-state index in [0.717, 1.165) is 23.3 Å². The van der Waals surface area contributed by atoms with Gasteiger partial charge in [0.1, 0.15) is 12.4 Å². The van der Waals surface area contributed by atoms with Crippen molar-refractivity contribution in [2.45, 2.75) is 32.3 Å². The minimum absolute atomic E-state index is 0.0615. The van der Waals surface area contributed by atoms with Crippen molar-refractivity contribution in [3.63, 3.8) is 0 Å². The third-order valence-corrected chi connectivity index (χ3v) is 3.85. The number of hydrogen-bond donors (Lipinski definition) is 1. The van der Waals surface area contributed by atoms with Crippen LogP contribution in [0.3, 0.4) is 0 Å². The van der Waals surface area contributed by atoms with Crippen LogP contribution < -0.4 is 4.74 Å². The molecule has 0 fully saturated rings. The van der Waals surface area contributed by atoms with Gasteiger partial charge in [-0.15, -0.1) is 0 Å². The predicted molar refractivity (Wildman–Crippen MR) is 80.6 cm³/mol. The Hall–Kier alpha value is -2.29. The smallest absolute Gasteiger partial charge is 0.307 e. The minimum Gasteiger partial charge on any atom is -0.489 e. The van der Waals surface area contributed by atoms with E-state index in [1.165, 1.54) is 24.0 Å². The zero-order chi connectivity index (χ0) is 14.7. The third-order valence-electron chi connectivity index (χ3n) is 3.85. The predicted octanol–water partition coefficient (Wildman–Crippen LogP) is 3.38. The maximum Gasteiger partial charge on any atom is 0.307 e. The SMILES string of the molecule is O=C(O)Cc1ccc(COc2ccc3c(c2)CCC3)cc1. The summed E-state index contributed by atoms with van der Waals surface area (Å²) in [4.78, 5) is 10.6. The van der Waals surface area contributed by atoms with E-state index in [1.54, 1.807) is 0 Å². The van der Waals surface area contributed by atoms with E-state index in [1.807, 2.05) is 30.3 Å². The van der Waals surface area contributed by atoms with Crippen LogP contribution in [-0.4, -0.2) is 11.1 Å². The van der Waals surface area contributed by atoms with Crippen LogP contribution in [0.15, 0.2) is 42.5 Å². The summed E-state index contributed by atoms with van der Waals surface area (Å²) in [6.45, 7) is 0.506. The summed E-state index contributed by atoms with van der Waals surface area (Å²) in [6.07, 6.45) is 3.63. The van der Waals surface area contributed by atoms with E-state index in [2.05, 4.69) is 12.1 Å². The van der Waals surface area contributed by atoms with E-state index < -0.39 is 5.97 Å². The van der Waals surface area contributed by atoms with Crippen molar-refractivity contribution in [3.8, 4) is 5.75 Å². The lowest BCUT2D eigenvalue weighted by Crippen LogP contribution is -2.01. The number of hydrogen-bond acceptors (Lipinski definition) is 2. The van der Waals surface area contributed by atoms with Crippen LogP contribution in [-0.2, 0) is 30.7 Å². The number of ether oxygens (including phenoxy) is 1. The average Bonchev–Trinajstić information content (AvgIpc) is 2.93. The summed E-state index contributed by atoms with van der Waals surface area (Å²) < 4.78 is 5.82. The van der Waals surface area contributed by atoms with Gasteiger partial charge in [-0.25, -0.2) is 0 Å². The summed E-state index contributed by atoms with van der Waals surface area (Å²) in [6, 6.07) is 13.9. The Morgan fingerprint density at radius 3 is 2.48 bits per heavy atom. The van der Waals surface area contributed by atoms with Crippen LogP contribution in [0.4, 0.5) is 0 Å². The molecule has 0 radical (unpaired) electrons. The highest BCUT2D eigenvalue weighted by Gasteiger charge is 2.11. The van der Waals surface area contributed by atoms with Crippen LogP contribution in [0.5, 0.6) is 5.75 Å². The number of benzene rings is 2. The fourth-order valence-electron chi connectivity index (χ4n) is 2.73. The Morgan fingerprint density at radius 2 is 1.71 bits per heavy atom. The Morgan fingerprint density at radius 1 is 1.00 bits per heavy atom. The van der Waals surface area contributed by atoms with Gasteiger partial charge < -0.3 is 9.84 Å². The number of rotatable bonds is 5. The number of carboxylic acid groups (broad SMARTS) is 1. The van der Waals surface area contributed by atoms with Crippen LogP contribution in [0.2, 0.25) is 0 Å². The molecule has 0 heterocycles.